The van der Waals surface area contributed by atoms with Crippen LogP contribution >= 0.6 is 0 Å². The Hall–Kier alpha value is -7.38. The number of nitrogens with one attached hydrogen (secondary N) is 8. The molecule has 0 aliphatic heterocycles. The van der Waals surface area contributed by atoms with E-state index < -0.39 is 157 Å². The summed E-state index contributed by atoms with van der Waals surface area (Å²) in [5.74, 6) is -14.1. The SMILES string of the molecule is CC[C@H](C)[C@H](NC(=O)[C@H](CC(C)C)NC(=O)[C@H](CC(=O)O)NC(=O)[C@H](CC(C)C)NC(=O)[C@H](CCC(N)=O)NC(=O)CNC(=O)[C@H](CC(N)=O)NC(=O)[C@H](Cc1ccc(O)cc1)NC(=O)[C@@H](N)C(C)C)C(=O)O. The lowest BCUT2D eigenvalue weighted by atomic mass is 9.97. The number of amides is 10. The van der Waals surface area contributed by atoms with Crippen molar-refractivity contribution in [3.8, 4) is 5.75 Å². The second-order valence-corrected chi connectivity index (χ2v) is 19.0. The van der Waals surface area contributed by atoms with Gasteiger partial charge in [0.25, 0.3) is 0 Å². The number of carboxylic acids is 2. The molecule has 26 heteroatoms. The average Bonchev–Trinajstić information content (AvgIpc) is 3.29. The lowest BCUT2D eigenvalue weighted by Crippen LogP contribution is -2.60. The van der Waals surface area contributed by atoms with Gasteiger partial charge in [-0.25, -0.2) is 4.79 Å². The number of nitrogens with two attached hydrogens (primary N) is 3. The van der Waals surface area contributed by atoms with Gasteiger partial charge in [0, 0.05) is 12.8 Å². The zero-order valence-electron chi connectivity index (χ0n) is 42.6. The lowest BCUT2D eigenvalue weighted by molar-refractivity contribution is -0.144. The maximum absolute atomic E-state index is 13.8. The highest BCUT2D eigenvalue weighted by atomic mass is 16.4. The molecule has 1 rings (SSSR count). The topological polar surface area (TPSA) is 440 Å². The highest BCUT2D eigenvalue weighted by molar-refractivity contribution is 5.99. The van der Waals surface area contributed by atoms with E-state index >= 15 is 0 Å². The average molecular weight is 1030 g/mol. The summed E-state index contributed by atoms with van der Waals surface area (Å²) in [6.45, 7) is 12.6. The Labute approximate surface area is 423 Å². The van der Waals surface area contributed by atoms with Crippen LogP contribution in [-0.4, -0.2) is 141 Å². The smallest absolute Gasteiger partial charge is 0.326 e. The van der Waals surface area contributed by atoms with Crippen LogP contribution in [0.25, 0.3) is 0 Å². The zero-order chi connectivity index (χ0) is 55.9. The summed E-state index contributed by atoms with van der Waals surface area (Å²) in [7, 11) is 0. The molecule has 0 bridgehead atoms. The van der Waals surface area contributed by atoms with Crippen molar-refractivity contribution < 1.29 is 72.9 Å². The van der Waals surface area contributed by atoms with Gasteiger partial charge in [0.1, 0.15) is 48.0 Å². The van der Waals surface area contributed by atoms with Crippen LogP contribution in [0.5, 0.6) is 5.75 Å². The zero-order valence-corrected chi connectivity index (χ0v) is 42.6. The number of primary amides is 2. The van der Waals surface area contributed by atoms with Crippen LogP contribution in [0.15, 0.2) is 24.3 Å². The fourth-order valence-corrected chi connectivity index (χ4v) is 6.97. The highest BCUT2D eigenvalue weighted by Crippen LogP contribution is 2.14. The van der Waals surface area contributed by atoms with Crippen molar-refractivity contribution in [1.29, 1.82) is 0 Å². The molecular formula is C47H75N11O15. The van der Waals surface area contributed by atoms with Gasteiger partial charge < -0.3 is 75.1 Å². The highest BCUT2D eigenvalue weighted by Gasteiger charge is 2.36. The molecule has 0 saturated carbocycles. The van der Waals surface area contributed by atoms with Crippen molar-refractivity contribution in [2.75, 3.05) is 6.54 Å². The maximum atomic E-state index is 13.8. The van der Waals surface area contributed by atoms with Gasteiger partial charge in [0.2, 0.25) is 59.1 Å². The Bertz CT molecular complexity index is 2120. The first-order valence-electron chi connectivity index (χ1n) is 23.9. The molecule has 26 nitrogen and oxygen atoms in total. The molecule has 0 spiro atoms. The number of carbonyl (C=O) groups is 12. The third-order valence-corrected chi connectivity index (χ3v) is 11.3. The standard InChI is InChI=1S/C47H75N11O15/c1-9-25(8)39(47(72)73)58-45(70)30(17-23(4)5)54-44(69)33(20-37(63)64)56-42(67)29(16-22(2)3)53-41(66)28(14-15-34(48)60)52-36(62)21-51-40(65)32(19-35(49)61)55-43(68)31(57-46(71)38(50)24(6)7)18-26-10-12-27(59)13-11-26/h10-13,22-25,28-33,38-39,59H,9,14-21,50H2,1-8H3,(H2,48,60)(H2,49,61)(H,51,65)(H,52,62)(H,53,66)(H,54,69)(H,55,68)(H,56,67)(H,57,71)(H,58,70)(H,63,64)(H,72,73)/t25-,28-,29-,30-,31-,32-,33-,38-,39-/m0/s1. The molecule has 1 aromatic carbocycles. The summed E-state index contributed by atoms with van der Waals surface area (Å²) >= 11 is 0. The number of hydrogen-bond acceptors (Lipinski definition) is 14. The summed E-state index contributed by atoms with van der Waals surface area (Å²) in [5, 5.41) is 48.1. The minimum atomic E-state index is -1.83. The van der Waals surface area contributed by atoms with E-state index in [4.69, 9.17) is 17.2 Å². The molecule has 0 aromatic heterocycles. The van der Waals surface area contributed by atoms with Gasteiger partial charge in [-0.05, 0) is 60.6 Å². The van der Waals surface area contributed by atoms with Crippen molar-refractivity contribution in [1.82, 2.24) is 42.5 Å². The van der Waals surface area contributed by atoms with Gasteiger partial charge in [0.05, 0.1) is 25.4 Å². The number of rotatable bonds is 33. The van der Waals surface area contributed by atoms with Crippen molar-refractivity contribution in [3.05, 3.63) is 29.8 Å². The molecule has 0 aliphatic rings. The van der Waals surface area contributed by atoms with Crippen molar-refractivity contribution >= 4 is 71.0 Å². The molecule has 73 heavy (non-hydrogen) atoms. The van der Waals surface area contributed by atoms with Crippen LogP contribution in [0, 0.1) is 23.7 Å². The van der Waals surface area contributed by atoms with Crippen LogP contribution < -0.4 is 59.7 Å². The molecule has 9 atom stereocenters. The van der Waals surface area contributed by atoms with Crippen LogP contribution in [0.1, 0.15) is 106 Å². The number of carboxylic acid groups (broad SMARTS) is 2. The minimum Gasteiger partial charge on any atom is -0.508 e. The fourth-order valence-electron chi connectivity index (χ4n) is 6.97. The van der Waals surface area contributed by atoms with Crippen molar-refractivity contribution in [2.45, 2.75) is 155 Å². The Kier molecular flexibility index (Phi) is 27.2. The lowest BCUT2D eigenvalue weighted by Gasteiger charge is -2.28. The van der Waals surface area contributed by atoms with Crippen LogP contribution in [0.4, 0.5) is 0 Å². The molecule has 0 aliphatic carbocycles. The molecule has 0 unspecified atom stereocenters. The molecular weight excluding hydrogens is 959 g/mol. The molecule has 0 saturated heterocycles. The Morgan fingerprint density at radius 2 is 1.00 bits per heavy atom. The molecule has 0 fully saturated rings. The summed E-state index contributed by atoms with van der Waals surface area (Å²) in [6, 6.07) is -6.05. The van der Waals surface area contributed by atoms with E-state index in [0.29, 0.717) is 12.0 Å². The first-order chi connectivity index (χ1) is 33.9. The maximum Gasteiger partial charge on any atom is 0.326 e. The number of phenols is 1. The van der Waals surface area contributed by atoms with E-state index in [0.717, 1.165) is 0 Å². The molecule has 1 aromatic rings. The van der Waals surface area contributed by atoms with E-state index in [9.17, 15) is 72.9 Å². The predicted octanol–water partition coefficient (Wildman–Crippen LogP) is -2.73. The van der Waals surface area contributed by atoms with E-state index in [-0.39, 0.29) is 42.8 Å². The summed E-state index contributed by atoms with van der Waals surface area (Å²) < 4.78 is 0. The second-order valence-electron chi connectivity index (χ2n) is 19.0. The Morgan fingerprint density at radius 1 is 0.548 bits per heavy atom. The van der Waals surface area contributed by atoms with E-state index in [2.05, 4.69) is 42.5 Å². The van der Waals surface area contributed by atoms with Gasteiger partial charge in [0.15, 0.2) is 0 Å². The van der Waals surface area contributed by atoms with Crippen molar-refractivity contribution in [3.63, 3.8) is 0 Å². The van der Waals surface area contributed by atoms with Crippen molar-refractivity contribution in [2.24, 2.45) is 40.9 Å². The first kappa shape index (κ1) is 63.6. The first-order valence-corrected chi connectivity index (χ1v) is 23.9. The molecule has 0 heterocycles. The number of aliphatic carboxylic acids is 2. The van der Waals surface area contributed by atoms with E-state index in [1.54, 1.807) is 55.4 Å². The van der Waals surface area contributed by atoms with E-state index in [1.807, 2.05) is 0 Å². The third-order valence-electron chi connectivity index (χ3n) is 11.3. The molecule has 0 radical (unpaired) electrons. The normalized spacial score (nSPS) is 14.8. The second kappa shape index (κ2) is 31.2. The number of benzene rings is 1. The van der Waals surface area contributed by atoms with Crippen LogP contribution in [-0.2, 0) is 64.0 Å². The largest absolute Gasteiger partial charge is 0.508 e. The summed E-state index contributed by atoms with van der Waals surface area (Å²) in [5.41, 5.74) is 17.2. The van der Waals surface area contributed by atoms with Crippen LogP contribution in [0.2, 0.25) is 0 Å². The Balaban J connectivity index is 3.34. The van der Waals surface area contributed by atoms with Gasteiger partial charge in [-0.15, -0.1) is 0 Å². The molecule has 10 amide bonds. The fraction of sp³-hybridized carbons (Fsp3) is 0.617. The number of aromatic hydroxyl groups is 1. The molecule has 408 valence electrons. The number of carbonyl (C=O) groups excluding carboxylic acids is 10. The van der Waals surface area contributed by atoms with Gasteiger partial charge in [-0.2, -0.15) is 0 Å². The Morgan fingerprint density at radius 3 is 1.45 bits per heavy atom. The number of hydrogen-bond donors (Lipinski definition) is 14. The predicted molar refractivity (Wildman–Crippen MR) is 262 cm³/mol. The van der Waals surface area contributed by atoms with Gasteiger partial charge in [-0.1, -0.05) is 73.9 Å². The minimum absolute atomic E-state index is 0.00422. The summed E-state index contributed by atoms with van der Waals surface area (Å²) in [6.07, 6.45) is -2.56. The summed E-state index contributed by atoms with van der Waals surface area (Å²) in [4.78, 5) is 156. The van der Waals surface area contributed by atoms with Gasteiger partial charge >= 0.3 is 11.9 Å². The van der Waals surface area contributed by atoms with E-state index in [1.165, 1.54) is 24.3 Å². The van der Waals surface area contributed by atoms with Crippen LogP contribution in [0.3, 0.4) is 0 Å². The quantitative estimate of drug-likeness (QED) is 0.0340. The van der Waals surface area contributed by atoms with Gasteiger partial charge in [-0.3, -0.25) is 52.7 Å². The molecule has 17 N–H and O–H groups in total. The monoisotopic (exact) mass is 1030 g/mol. The number of phenolic OH excluding ortho intramolecular Hbond substituents is 1. The third kappa shape index (κ3) is 24.1.